The predicted octanol–water partition coefficient (Wildman–Crippen LogP) is 0.540. The lowest BCUT2D eigenvalue weighted by Crippen LogP contribution is -1.94. The van der Waals surface area contributed by atoms with E-state index in [-0.39, 0.29) is 0 Å². The summed E-state index contributed by atoms with van der Waals surface area (Å²) in [6.07, 6.45) is 3.30. The molecule has 1 rings (SSSR count). The van der Waals surface area contributed by atoms with Crippen LogP contribution in [-0.4, -0.2) is 4.98 Å². The van der Waals surface area contributed by atoms with Gasteiger partial charge in [-0.25, -0.2) is 0 Å². The maximum Gasteiger partial charge on any atom is 0.119 e. The van der Waals surface area contributed by atoms with Crippen molar-refractivity contribution < 1.29 is 2.82 Å². The van der Waals surface area contributed by atoms with Gasteiger partial charge in [-0.3, -0.25) is 4.98 Å². The fourth-order valence-corrected chi connectivity index (χ4v) is 0.488. The van der Waals surface area contributed by atoms with E-state index in [4.69, 9.17) is 2.82 Å². The lowest BCUT2D eigenvalue weighted by atomic mass is 10.3. The topological polar surface area (TPSA) is 38.9 Å². The quantitative estimate of drug-likeness (QED) is 0.603. The standard InChI is InChI=1S/C6H8N2/c7-5-6-1-3-8-4-2-6/h1-4H,5,7H2/i/hD2. The summed E-state index contributed by atoms with van der Waals surface area (Å²) in [5.41, 5.74) is 1.56. The molecule has 0 radical (unpaired) electrons. The van der Waals surface area contributed by atoms with Crippen LogP contribution in [0.3, 0.4) is 0 Å². The van der Waals surface area contributed by atoms with Gasteiger partial charge in [-0.1, -0.05) is 0 Å². The zero-order chi connectivity index (χ0) is 7.40. The molecular weight excluding hydrogens is 100 g/mol. The Kier molecular flexibility index (Phi) is 0.970. The lowest BCUT2D eigenvalue weighted by Gasteiger charge is -1.89. The van der Waals surface area contributed by atoms with Gasteiger partial charge in [-0.05, 0) is 17.7 Å². The first kappa shape index (κ1) is 3.20. The second-order valence-electron chi connectivity index (χ2n) is 1.51. The molecule has 0 aromatic carbocycles. The normalized spacial score (nSPS) is 13.1. The largest absolute Gasteiger partial charge is 0.326 e. The molecule has 0 spiro atoms. The highest BCUT2D eigenvalue weighted by atomic mass is 14.6. The van der Waals surface area contributed by atoms with Crippen molar-refractivity contribution in [3.05, 3.63) is 30.1 Å². The fraction of sp³-hybridized carbons (Fsp3) is 0.167. The van der Waals surface area contributed by atoms with Crippen molar-refractivity contribution >= 4 is 0 Å². The molecule has 2 N–H and O–H groups in total. The Balaban J connectivity index is 2.59. The molecule has 0 amide bonds. The molecule has 42 valence electrons. The number of hydrogen-bond acceptors (Lipinski definition) is 2. The van der Waals surface area contributed by atoms with Gasteiger partial charge in [0.2, 0.25) is 0 Å². The Bertz CT molecular complexity index is 188. The number of hydrogen-bond donors (Lipinski definition) is 1. The van der Waals surface area contributed by atoms with Gasteiger partial charge >= 0.3 is 0 Å². The minimum Gasteiger partial charge on any atom is -0.326 e. The molecule has 0 atom stereocenters. The van der Waals surface area contributed by atoms with Gasteiger partial charge in [0.15, 0.2) is 0 Å². The van der Waals surface area contributed by atoms with Gasteiger partial charge < -0.3 is 5.72 Å². The molecule has 0 aliphatic rings. The molecule has 0 aliphatic heterocycles. The first-order valence-corrected chi connectivity index (χ1v) is 2.43. The summed E-state index contributed by atoms with van der Waals surface area (Å²) < 4.78 is 13.6. The lowest BCUT2D eigenvalue weighted by molar-refractivity contribution is 1.06. The SMILES string of the molecule is [2H]N([2H])Cc1ccncc1. The first-order chi connectivity index (χ1) is 4.79. The van der Waals surface area contributed by atoms with Crippen LogP contribution in [0.5, 0.6) is 0 Å². The number of aromatic nitrogens is 1. The second kappa shape index (κ2) is 2.43. The molecule has 0 aliphatic carbocycles. The first-order valence-electron chi connectivity index (χ1n) is 3.32. The maximum atomic E-state index is 6.79. The van der Waals surface area contributed by atoms with Crippen LogP contribution in [-0.2, 0) is 6.54 Å². The monoisotopic (exact) mass is 110 g/mol. The summed E-state index contributed by atoms with van der Waals surface area (Å²) in [7, 11) is 0. The Hall–Kier alpha value is -0.890. The van der Waals surface area contributed by atoms with Gasteiger partial charge in [0.05, 0.1) is 0 Å². The molecule has 1 heterocycles. The van der Waals surface area contributed by atoms with Gasteiger partial charge in [0.1, 0.15) is 2.82 Å². The summed E-state index contributed by atoms with van der Waals surface area (Å²) in [6.45, 7) is 0.322. The highest BCUT2D eigenvalue weighted by Crippen LogP contribution is 1.91. The molecular formula is C6H8N2. The molecule has 0 unspecified atom stereocenters. The van der Waals surface area contributed by atoms with Gasteiger partial charge in [0.25, 0.3) is 0 Å². The van der Waals surface area contributed by atoms with Crippen molar-refractivity contribution in [2.75, 3.05) is 0 Å². The van der Waals surface area contributed by atoms with Crippen molar-refractivity contribution in [1.29, 1.82) is 0 Å². The van der Waals surface area contributed by atoms with Crippen molar-refractivity contribution in [2.24, 2.45) is 5.72 Å². The van der Waals surface area contributed by atoms with Crippen LogP contribution < -0.4 is 5.72 Å². The van der Waals surface area contributed by atoms with Crippen LogP contribution in [0, 0.1) is 0 Å². The third kappa shape index (κ3) is 1.04. The molecule has 0 fully saturated rings. The molecule has 1 aromatic rings. The highest BCUT2D eigenvalue weighted by Gasteiger charge is 1.80. The highest BCUT2D eigenvalue weighted by molar-refractivity contribution is 5.08. The summed E-state index contributed by atoms with van der Waals surface area (Å²) in [6, 6.07) is 3.58. The van der Waals surface area contributed by atoms with Crippen LogP contribution in [0.1, 0.15) is 5.56 Å². The number of nitrogens with zero attached hydrogens (tertiary/aromatic N) is 1. The van der Waals surface area contributed by atoms with Gasteiger partial charge in [-0.15, -0.1) is 0 Å². The van der Waals surface area contributed by atoms with E-state index < -0.39 is 0 Å². The van der Waals surface area contributed by atoms with E-state index in [1.165, 1.54) is 0 Å². The smallest absolute Gasteiger partial charge is 0.119 e. The summed E-state index contributed by atoms with van der Waals surface area (Å²) >= 11 is 0. The van der Waals surface area contributed by atoms with Crippen LogP contribution in [0.25, 0.3) is 0 Å². The fourth-order valence-electron chi connectivity index (χ4n) is 0.488. The average Bonchev–Trinajstić information content (AvgIpc) is 1.88. The molecule has 0 saturated heterocycles. The van der Waals surface area contributed by atoms with Gasteiger partial charge in [0, 0.05) is 18.9 Å². The Morgan fingerprint density at radius 2 is 2.38 bits per heavy atom. The summed E-state index contributed by atoms with van der Waals surface area (Å²) in [4.78, 5) is 3.81. The Labute approximate surface area is 51.3 Å². The van der Waals surface area contributed by atoms with E-state index in [0.29, 0.717) is 12.3 Å². The number of rotatable bonds is 2. The van der Waals surface area contributed by atoms with Crippen molar-refractivity contribution in [1.82, 2.24) is 4.98 Å². The van der Waals surface area contributed by atoms with Crippen molar-refractivity contribution in [3.63, 3.8) is 0 Å². The van der Waals surface area contributed by atoms with Gasteiger partial charge in [-0.2, -0.15) is 0 Å². The van der Waals surface area contributed by atoms with Crippen molar-refractivity contribution in [2.45, 2.75) is 6.54 Å². The number of pyridine rings is 1. The van der Waals surface area contributed by atoms with E-state index in [1.807, 2.05) is 0 Å². The van der Waals surface area contributed by atoms with Crippen LogP contribution in [0.4, 0.5) is 0 Å². The van der Waals surface area contributed by atoms with E-state index >= 15 is 0 Å². The Morgan fingerprint density at radius 1 is 1.62 bits per heavy atom. The molecule has 0 bridgehead atoms. The predicted molar refractivity (Wildman–Crippen MR) is 32.1 cm³/mol. The average molecular weight is 110 g/mol. The van der Waals surface area contributed by atoms with E-state index in [2.05, 4.69) is 4.98 Å². The minimum absolute atomic E-state index is 0.322. The zero-order valence-corrected chi connectivity index (χ0v) is 4.41. The zero-order valence-electron chi connectivity index (χ0n) is 6.41. The van der Waals surface area contributed by atoms with Crippen molar-refractivity contribution in [3.8, 4) is 0 Å². The van der Waals surface area contributed by atoms with Crippen LogP contribution in [0.2, 0.25) is 2.82 Å². The molecule has 2 nitrogen and oxygen atoms in total. The van der Waals surface area contributed by atoms with Crippen LogP contribution in [0.15, 0.2) is 24.5 Å². The van der Waals surface area contributed by atoms with E-state index in [9.17, 15) is 0 Å². The molecule has 1 aromatic heterocycles. The minimum atomic E-state index is 0.322. The summed E-state index contributed by atoms with van der Waals surface area (Å²) in [5.74, 6) is 0. The molecule has 8 heavy (non-hydrogen) atoms. The van der Waals surface area contributed by atoms with E-state index in [1.54, 1.807) is 24.5 Å². The second-order valence-corrected chi connectivity index (χ2v) is 1.51. The molecule has 0 saturated carbocycles. The summed E-state index contributed by atoms with van der Waals surface area (Å²) in [5, 5.41) is 0. The number of nitrogens with two attached hydrogens (primary N) is 1. The van der Waals surface area contributed by atoms with E-state index in [0.717, 1.165) is 5.56 Å². The molecule has 2 heteroatoms. The Morgan fingerprint density at radius 3 is 3.00 bits per heavy atom. The third-order valence-corrected chi connectivity index (χ3v) is 0.932. The third-order valence-electron chi connectivity index (χ3n) is 0.932. The maximum absolute atomic E-state index is 6.79. The van der Waals surface area contributed by atoms with Crippen LogP contribution >= 0.6 is 0 Å².